The van der Waals surface area contributed by atoms with E-state index in [1.54, 1.807) is 43.3 Å². The molecule has 0 radical (unpaired) electrons. The number of carboxylic acid groups (broad SMARTS) is 1. The zero-order valence-electron chi connectivity index (χ0n) is 13.4. The van der Waals surface area contributed by atoms with Crippen LogP contribution in [0.5, 0.6) is 0 Å². The number of hydrogen-bond acceptors (Lipinski definition) is 6. The van der Waals surface area contributed by atoms with Crippen LogP contribution in [-0.4, -0.2) is 39.6 Å². The Bertz CT molecular complexity index is 747. The minimum Gasteiger partial charge on any atom is -0.479 e. The number of rotatable bonds is 8. The van der Waals surface area contributed by atoms with Crippen molar-refractivity contribution in [3.8, 4) is 0 Å². The Morgan fingerprint density at radius 2 is 1.88 bits per heavy atom. The van der Waals surface area contributed by atoms with Gasteiger partial charge in [-0.2, -0.15) is 0 Å². The average Bonchev–Trinajstić information content (AvgIpc) is 2.98. The molecule has 0 spiro atoms. The molecule has 0 bridgehead atoms. The minimum absolute atomic E-state index is 0.0302. The summed E-state index contributed by atoms with van der Waals surface area (Å²) in [5.74, 6) is -1.07. The van der Waals surface area contributed by atoms with E-state index in [0.29, 0.717) is 17.1 Å². The molecule has 8 nitrogen and oxygen atoms in total. The van der Waals surface area contributed by atoms with Gasteiger partial charge in [0, 0.05) is 6.07 Å². The Kier molecular flexibility index (Phi) is 6.58. The lowest BCUT2D eigenvalue weighted by atomic mass is 10.1. The van der Waals surface area contributed by atoms with Gasteiger partial charge >= 0.3 is 5.97 Å². The van der Waals surface area contributed by atoms with Crippen molar-refractivity contribution in [3.05, 3.63) is 47.7 Å². The van der Waals surface area contributed by atoms with E-state index in [-0.39, 0.29) is 17.4 Å². The van der Waals surface area contributed by atoms with Gasteiger partial charge in [0.2, 0.25) is 11.8 Å². The van der Waals surface area contributed by atoms with Gasteiger partial charge in [0.25, 0.3) is 0 Å². The van der Waals surface area contributed by atoms with Crippen LogP contribution in [0, 0.1) is 6.92 Å². The second-order valence-electron chi connectivity index (χ2n) is 5.11. The third-order valence-corrected chi connectivity index (χ3v) is 3.98. The summed E-state index contributed by atoms with van der Waals surface area (Å²) in [5.41, 5.74) is 0.479. The second kappa shape index (κ2) is 8.88. The molecular weight excluding hydrogens is 346 g/mol. The molecule has 2 rings (SSSR count). The van der Waals surface area contributed by atoms with Crippen molar-refractivity contribution in [2.75, 3.05) is 16.8 Å². The number of thioether (sulfide) groups is 1. The summed E-state index contributed by atoms with van der Waals surface area (Å²) in [6.45, 7) is 1.70. The summed E-state index contributed by atoms with van der Waals surface area (Å²) in [6, 6.07) is 8.85. The molecule has 0 aliphatic heterocycles. The van der Waals surface area contributed by atoms with Gasteiger partial charge in [0.15, 0.2) is 11.9 Å². The van der Waals surface area contributed by atoms with E-state index in [4.69, 9.17) is 4.52 Å². The first kappa shape index (κ1) is 18.5. The number of hydrogen-bond donors (Lipinski definition) is 3. The molecule has 2 amide bonds. The van der Waals surface area contributed by atoms with Gasteiger partial charge in [-0.25, -0.2) is 4.79 Å². The van der Waals surface area contributed by atoms with Crippen molar-refractivity contribution in [2.45, 2.75) is 13.0 Å². The smallest absolute Gasteiger partial charge is 0.330 e. The Morgan fingerprint density at radius 3 is 2.48 bits per heavy atom. The quantitative estimate of drug-likeness (QED) is 0.651. The zero-order chi connectivity index (χ0) is 18.2. The monoisotopic (exact) mass is 363 g/mol. The number of amides is 2. The zero-order valence-corrected chi connectivity index (χ0v) is 14.2. The molecule has 1 atom stereocenters. The molecule has 0 fully saturated rings. The highest BCUT2D eigenvalue weighted by Gasteiger charge is 2.21. The lowest BCUT2D eigenvalue weighted by Gasteiger charge is -2.14. The first-order valence-electron chi connectivity index (χ1n) is 7.33. The number of aryl methyl sites for hydroxylation is 1. The molecule has 25 heavy (non-hydrogen) atoms. The molecule has 9 heteroatoms. The van der Waals surface area contributed by atoms with Crippen LogP contribution >= 0.6 is 11.8 Å². The molecule has 132 valence electrons. The Morgan fingerprint density at radius 1 is 1.20 bits per heavy atom. The van der Waals surface area contributed by atoms with Gasteiger partial charge in [-0.3, -0.25) is 9.59 Å². The SMILES string of the molecule is Cc1cc(NC(=O)CSCC(=O)N[C@@H](C(=O)O)c2ccccc2)no1. The summed E-state index contributed by atoms with van der Waals surface area (Å²) < 4.78 is 4.83. The van der Waals surface area contributed by atoms with E-state index >= 15 is 0 Å². The van der Waals surface area contributed by atoms with Crippen molar-refractivity contribution in [1.29, 1.82) is 0 Å². The number of aromatic nitrogens is 1. The highest BCUT2D eigenvalue weighted by molar-refractivity contribution is 8.00. The second-order valence-corrected chi connectivity index (χ2v) is 6.10. The van der Waals surface area contributed by atoms with Gasteiger partial charge in [-0.15, -0.1) is 11.8 Å². The van der Waals surface area contributed by atoms with Crippen LogP contribution in [0.25, 0.3) is 0 Å². The molecule has 0 saturated heterocycles. The van der Waals surface area contributed by atoms with Crippen molar-refractivity contribution in [1.82, 2.24) is 10.5 Å². The number of carbonyl (C=O) groups excluding carboxylic acids is 2. The van der Waals surface area contributed by atoms with Crippen LogP contribution in [0.15, 0.2) is 40.9 Å². The maximum atomic E-state index is 11.9. The molecule has 0 aliphatic rings. The normalized spacial score (nSPS) is 11.6. The van der Waals surface area contributed by atoms with Crippen molar-refractivity contribution in [3.63, 3.8) is 0 Å². The largest absolute Gasteiger partial charge is 0.479 e. The van der Waals surface area contributed by atoms with Crippen LogP contribution in [0.2, 0.25) is 0 Å². The maximum Gasteiger partial charge on any atom is 0.330 e. The van der Waals surface area contributed by atoms with Crippen LogP contribution in [0.4, 0.5) is 5.82 Å². The van der Waals surface area contributed by atoms with E-state index in [2.05, 4.69) is 15.8 Å². The van der Waals surface area contributed by atoms with Crippen molar-refractivity contribution >= 4 is 35.4 Å². The molecule has 1 aromatic heterocycles. The van der Waals surface area contributed by atoms with Gasteiger partial charge in [0.05, 0.1) is 11.5 Å². The first-order valence-corrected chi connectivity index (χ1v) is 8.49. The molecule has 1 heterocycles. The third kappa shape index (κ3) is 5.96. The number of nitrogens with one attached hydrogen (secondary N) is 2. The van der Waals surface area contributed by atoms with E-state index in [1.165, 1.54) is 0 Å². The lowest BCUT2D eigenvalue weighted by molar-refractivity contribution is -0.141. The van der Waals surface area contributed by atoms with Crippen LogP contribution in [0.1, 0.15) is 17.4 Å². The van der Waals surface area contributed by atoms with Gasteiger partial charge < -0.3 is 20.3 Å². The van der Waals surface area contributed by atoms with E-state index in [0.717, 1.165) is 11.8 Å². The van der Waals surface area contributed by atoms with Gasteiger partial charge in [-0.1, -0.05) is 35.5 Å². The van der Waals surface area contributed by atoms with Gasteiger partial charge in [0.1, 0.15) is 5.76 Å². The summed E-state index contributed by atoms with van der Waals surface area (Å²) >= 11 is 1.07. The fourth-order valence-corrected chi connectivity index (χ4v) is 2.60. The number of benzene rings is 1. The molecule has 3 N–H and O–H groups in total. The topological polar surface area (TPSA) is 122 Å². The molecule has 0 aliphatic carbocycles. The third-order valence-electron chi connectivity index (χ3n) is 3.05. The molecule has 0 saturated carbocycles. The summed E-state index contributed by atoms with van der Waals surface area (Å²) in [6.07, 6.45) is 0. The highest BCUT2D eigenvalue weighted by Crippen LogP contribution is 2.13. The van der Waals surface area contributed by atoms with Crippen molar-refractivity contribution in [2.24, 2.45) is 0 Å². The van der Waals surface area contributed by atoms with E-state index in [1.807, 2.05) is 0 Å². The first-order chi connectivity index (χ1) is 12.0. The van der Waals surface area contributed by atoms with Crippen LogP contribution in [0.3, 0.4) is 0 Å². The molecular formula is C16H17N3O5S. The maximum absolute atomic E-state index is 11.9. The summed E-state index contributed by atoms with van der Waals surface area (Å²) in [4.78, 5) is 35.0. The molecule has 2 aromatic rings. The Balaban J connectivity index is 1.77. The number of carboxylic acids is 1. The Hall–Kier alpha value is -2.81. The average molecular weight is 363 g/mol. The number of nitrogens with zero attached hydrogens (tertiary/aromatic N) is 1. The lowest BCUT2D eigenvalue weighted by Crippen LogP contribution is -2.35. The fourth-order valence-electron chi connectivity index (χ4n) is 1.98. The predicted octanol–water partition coefficient (Wildman–Crippen LogP) is 1.60. The molecule has 0 unspecified atom stereocenters. The summed E-state index contributed by atoms with van der Waals surface area (Å²) in [5, 5.41) is 17.9. The predicted molar refractivity (Wildman–Crippen MR) is 92.2 cm³/mol. The van der Waals surface area contributed by atoms with Crippen LogP contribution in [-0.2, 0) is 14.4 Å². The number of anilines is 1. The fraction of sp³-hybridized carbons (Fsp3) is 0.250. The number of carbonyl (C=O) groups is 3. The van der Waals surface area contributed by atoms with E-state index < -0.39 is 17.9 Å². The van der Waals surface area contributed by atoms with Crippen molar-refractivity contribution < 1.29 is 24.0 Å². The molecule has 1 aromatic carbocycles. The highest BCUT2D eigenvalue weighted by atomic mass is 32.2. The van der Waals surface area contributed by atoms with Crippen LogP contribution < -0.4 is 10.6 Å². The Labute approximate surface area is 148 Å². The standard InChI is InChI=1S/C16H17N3O5S/c1-10-7-12(19-24-10)17-13(20)8-25-9-14(21)18-15(16(22)23)11-5-3-2-4-6-11/h2-7,15H,8-9H2,1H3,(H,18,21)(H,22,23)(H,17,19,20)/t15-/m1/s1. The minimum atomic E-state index is -1.15. The van der Waals surface area contributed by atoms with Gasteiger partial charge in [-0.05, 0) is 12.5 Å². The van der Waals surface area contributed by atoms with E-state index in [9.17, 15) is 19.5 Å². The summed E-state index contributed by atoms with van der Waals surface area (Å²) in [7, 11) is 0. The number of aliphatic carboxylic acids is 1.